The van der Waals surface area contributed by atoms with Gasteiger partial charge in [-0.3, -0.25) is 0 Å². The Bertz CT molecular complexity index is 353. The Morgan fingerprint density at radius 1 is 1.05 bits per heavy atom. The molecule has 1 aromatic rings. The molecule has 1 radical (unpaired) electrons. The molecule has 1 aromatic carbocycles. The molecule has 1 unspecified atom stereocenters. The Labute approximate surface area is 129 Å². The van der Waals surface area contributed by atoms with Gasteiger partial charge in [-0.05, 0) is 0 Å². The van der Waals surface area contributed by atoms with Gasteiger partial charge >= 0.3 is 129 Å². The van der Waals surface area contributed by atoms with Crippen molar-refractivity contribution in [3.63, 3.8) is 0 Å². The summed E-state index contributed by atoms with van der Waals surface area (Å²) in [5, 5.41) is 2.95. The van der Waals surface area contributed by atoms with Gasteiger partial charge in [-0.15, -0.1) is 0 Å². The van der Waals surface area contributed by atoms with Crippen LogP contribution in [-0.2, 0) is 4.74 Å². The fourth-order valence-electron chi connectivity index (χ4n) is 2.54. The molecule has 1 atom stereocenters. The van der Waals surface area contributed by atoms with Gasteiger partial charge in [0.1, 0.15) is 0 Å². The summed E-state index contributed by atoms with van der Waals surface area (Å²) in [6.45, 7) is 4.61. The molecule has 1 rings (SSSR count). The first kappa shape index (κ1) is 17.4. The van der Waals surface area contributed by atoms with E-state index in [9.17, 15) is 0 Å². The summed E-state index contributed by atoms with van der Waals surface area (Å²) in [4.78, 5) is 0. The molecule has 0 saturated heterocycles. The number of allylic oxidation sites excluding steroid dienone is 1. The predicted octanol–water partition coefficient (Wildman–Crippen LogP) is 5.56. The first-order valence-electron chi connectivity index (χ1n) is 7.92. The van der Waals surface area contributed by atoms with E-state index in [1.54, 1.807) is 7.11 Å². The molecule has 0 aliphatic heterocycles. The molecule has 0 aromatic heterocycles. The quantitative estimate of drug-likeness (QED) is 0.402. The van der Waals surface area contributed by atoms with E-state index in [2.05, 4.69) is 50.3 Å². The normalized spacial score (nSPS) is 13.0. The van der Waals surface area contributed by atoms with Crippen LogP contribution in [0.2, 0.25) is 10.5 Å². The summed E-state index contributed by atoms with van der Waals surface area (Å²) in [5.41, 5.74) is 1.49. The number of hydrogen-bond donors (Lipinski definition) is 0. The van der Waals surface area contributed by atoms with Crippen molar-refractivity contribution >= 4 is 14.3 Å². The molecule has 2 heteroatoms. The summed E-state index contributed by atoms with van der Waals surface area (Å²) >= 11 is -1.12. The topological polar surface area (TPSA) is 9.23 Å². The fraction of sp³-hybridized carbons (Fsp3) is 0.556. The van der Waals surface area contributed by atoms with Gasteiger partial charge in [0.25, 0.3) is 0 Å². The average Bonchev–Trinajstić information content (AvgIpc) is 2.50. The number of hydrogen-bond acceptors (Lipinski definition) is 1. The summed E-state index contributed by atoms with van der Waals surface area (Å²) < 4.78 is 5.85. The van der Waals surface area contributed by atoms with Crippen molar-refractivity contribution < 1.29 is 4.74 Å². The summed E-state index contributed by atoms with van der Waals surface area (Å²) in [6.07, 6.45) is 9.63. The van der Waals surface area contributed by atoms with Crippen molar-refractivity contribution in [3.05, 3.63) is 48.2 Å². The van der Waals surface area contributed by atoms with Crippen LogP contribution in [0, 0.1) is 0 Å². The van der Waals surface area contributed by atoms with Gasteiger partial charge in [-0.2, -0.15) is 0 Å². The minimum absolute atomic E-state index is 0.647. The zero-order valence-corrected chi connectivity index (χ0v) is 15.4. The molecule has 0 aliphatic carbocycles. The molecule has 111 valence electrons. The third kappa shape index (κ3) is 6.17. The van der Waals surface area contributed by atoms with Gasteiger partial charge < -0.3 is 0 Å². The maximum atomic E-state index is 5.20. The van der Waals surface area contributed by atoms with E-state index in [1.807, 2.05) is 6.26 Å². The van der Waals surface area contributed by atoms with Gasteiger partial charge in [0.15, 0.2) is 0 Å². The molecule has 0 spiro atoms. The van der Waals surface area contributed by atoms with Crippen LogP contribution in [-0.4, -0.2) is 21.5 Å². The number of rotatable bonds is 10. The molecular formula is C18H29GeO. The first-order valence-corrected chi connectivity index (χ1v) is 12.1. The second-order valence-electron chi connectivity index (χ2n) is 5.32. The van der Waals surface area contributed by atoms with Gasteiger partial charge in [0.05, 0.1) is 0 Å². The molecule has 1 nitrogen and oxygen atoms in total. The molecule has 0 amide bonds. The summed E-state index contributed by atoms with van der Waals surface area (Å²) in [7, 11) is 1.75. The second-order valence-corrected chi connectivity index (χ2v) is 11.5. The maximum absolute atomic E-state index is 5.20. The Morgan fingerprint density at radius 3 is 2.15 bits per heavy atom. The van der Waals surface area contributed by atoms with Crippen LogP contribution < -0.4 is 0 Å². The summed E-state index contributed by atoms with van der Waals surface area (Å²) in [6, 6.07) is 11.0. The Hall–Kier alpha value is -0.697. The van der Waals surface area contributed by atoms with Crippen LogP contribution in [0.5, 0.6) is 0 Å². The fourth-order valence-corrected chi connectivity index (χ4v) is 9.89. The molecule has 0 saturated carbocycles. The van der Waals surface area contributed by atoms with Crippen LogP contribution in [0.15, 0.2) is 42.7 Å². The Balaban J connectivity index is 2.88. The van der Waals surface area contributed by atoms with Crippen LogP contribution in [0.25, 0.3) is 0 Å². The number of benzene rings is 1. The van der Waals surface area contributed by atoms with E-state index in [4.69, 9.17) is 4.74 Å². The van der Waals surface area contributed by atoms with Gasteiger partial charge in [-0.25, -0.2) is 0 Å². The number of methoxy groups -OCH3 is 1. The predicted molar refractivity (Wildman–Crippen MR) is 90.5 cm³/mol. The van der Waals surface area contributed by atoms with Crippen molar-refractivity contribution in [1.29, 1.82) is 0 Å². The Kier molecular flexibility index (Phi) is 9.56. The zero-order valence-electron chi connectivity index (χ0n) is 13.3. The minimum atomic E-state index is -1.12. The van der Waals surface area contributed by atoms with E-state index < -0.39 is 14.3 Å². The molecular weight excluding hydrogens is 305 g/mol. The van der Waals surface area contributed by atoms with Crippen molar-refractivity contribution in [2.45, 2.75) is 54.8 Å². The van der Waals surface area contributed by atoms with E-state index in [1.165, 1.54) is 41.8 Å². The molecule has 0 N–H and O–H groups in total. The van der Waals surface area contributed by atoms with E-state index in [0.29, 0.717) is 4.75 Å². The standard InChI is InChI=1S/C18H29GeO/c1-4-6-14-19(15-7-5-2)18(13-16-20-3)17-11-9-8-10-12-17/h8-13,16,18H,4-7,14-15H2,1-3H3/b16-13+. The SMILES string of the molecule is CCC[CH2][Ge]([CH2]CCC)[CH](/C=C/OC)c1ccccc1. The zero-order chi connectivity index (χ0) is 14.6. The van der Waals surface area contributed by atoms with Crippen molar-refractivity contribution in [1.82, 2.24) is 0 Å². The second kappa shape index (κ2) is 11.0. The third-order valence-electron chi connectivity index (χ3n) is 3.71. The monoisotopic (exact) mass is 335 g/mol. The molecule has 0 aliphatic rings. The van der Waals surface area contributed by atoms with Crippen molar-refractivity contribution in [2.75, 3.05) is 7.11 Å². The van der Waals surface area contributed by atoms with Crippen LogP contribution in [0.1, 0.15) is 49.8 Å². The Morgan fingerprint density at radius 2 is 1.65 bits per heavy atom. The van der Waals surface area contributed by atoms with Crippen LogP contribution in [0.4, 0.5) is 0 Å². The molecule has 20 heavy (non-hydrogen) atoms. The first-order chi connectivity index (χ1) is 9.83. The third-order valence-corrected chi connectivity index (χ3v) is 10.8. The van der Waals surface area contributed by atoms with Crippen LogP contribution >= 0.6 is 0 Å². The molecule has 0 bridgehead atoms. The number of ether oxygens (including phenoxy) is 1. The van der Waals surface area contributed by atoms with E-state index >= 15 is 0 Å². The average molecular weight is 334 g/mol. The van der Waals surface area contributed by atoms with Crippen molar-refractivity contribution in [3.8, 4) is 0 Å². The van der Waals surface area contributed by atoms with Crippen LogP contribution in [0.3, 0.4) is 0 Å². The van der Waals surface area contributed by atoms with E-state index in [0.717, 1.165) is 0 Å². The van der Waals surface area contributed by atoms with Gasteiger partial charge in [0.2, 0.25) is 0 Å². The molecule has 0 fully saturated rings. The summed E-state index contributed by atoms with van der Waals surface area (Å²) in [5.74, 6) is 0. The molecule has 0 heterocycles. The number of unbranched alkanes of at least 4 members (excludes halogenated alkanes) is 2. The van der Waals surface area contributed by atoms with Gasteiger partial charge in [0, 0.05) is 0 Å². The van der Waals surface area contributed by atoms with Crippen molar-refractivity contribution in [2.24, 2.45) is 0 Å². The van der Waals surface area contributed by atoms with Gasteiger partial charge in [-0.1, -0.05) is 0 Å². The van der Waals surface area contributed by atoms with E-state index in [-0.39, 0.29) is 0 Å².